The van der Waals surface area contributed by atoms with E-state index in [2.05, 4.69) is 10.3 Å². The van der Waals surface area contributed by atoms with Crippen LogP contribution >= 0.6 is 0 Å². The molecular weight excluding hydrogens is 227 g/mol. The third kappa shape index (κ3) is 3.82. The molecule has 0 spiro atoms. The molecule has 2 N–H and O–H groups in total. The Morgan fingerprint density at radius 3 is 2.71 bits per heavy atom. The normalized spacial score (nSPS) is 11.9. The third-order valence-electron chi connectivity index (χ3n) is 2.14. The van der Waals surface area contributed by atoms with Crippen LogP contribution < -0.4 is 5.32 Å². The van der Waals surface area contributed by atoms with Gasteiger partial charge < -0.3 is 10.4 Å². The Bertz CT molecular complexity index is 406. The molecule has 1 amide bonds. The van der Waals surface area contributed by atoms with Crippen LogP contribution in [0.25, 0.3) is 0 Å². The van der Waals surface area contributed by atoms with Gasteiger partial charge in [-0.25, -0.2) is 14.2 Å². The van der Waals surface area contributed by atoms with Gasteiger partial charge in [-0.1, -0.05) is 13.3 Å². The zero-order chi connectivity index (χ0) is 12.8. The Kier molecular flexibility index (Phi) is 4.56. The van der Waals surface area contributed by atoms with Gasteiger partial charge in [0.05, 0.1) is 6.20 Å². The molecule has 17 heavy (non-hydrogen) atoms. The molecule has 0 aliphatic carbocycles. The number of hydrogen-bond acceptors (Lipinski definition) is 3. The van der Waals surface area contributed by atoms with Crippen molar-refractivity contribution >= 4 is 11.9 Å². The summed E-state index contributed by atoms with van der Waals surface area (Å²) in [6.07, 6.45) is 1.88. The molecule has 0 saturated carbocycles. The second-order valence-corrected chi connectivity index (χ2v) is 3.51. The van der Waals surface area contributed by atoms with E-state index in [9.17, 15) is 14.0 Å². The molecule has 0 aromatic carbocycles. The van der Waals surface area contributed by atoms with Crippen molar-refractivity contribution in [3.63, 3.8) is 0 Å². The van der Waals surface area contributed by atoms with Crippen LogP contribution in [0.3, 0.4) is 0 Å². The maximum absolute atomic E-state index is 12.6. The fraction of sp³-hybridized carbons (Fsp3) is 0.364. The van der Waals surface area contributed by atoms with E-state index >= 15 is 0 Å². The number of carbonyl (C=O) groups excluding carboxylic acids is 1. The number of nitrogens with one attached hydrogen (secondary N) is 1. The van der Waals surface area contributed by atoms with Crippen LogP contribution in [0, 0.1) is 5.82 Å². The Hall–Kier alpha value is -1.98. The van der Waals surface area contributed by atoms with E-state index in [1.807, 2.05) is 6.92 Å². The Morgan fingerprint density at radius 2 is 2.24 bits per heavy atom. The number of halogens is 1. The summed E-state index contributed by atoms with van der Waals surface area (Å²) in [6.45, 7) is 1.82. The van der Waals surface area contributed by atoms with E-state index in [1.165, 1.54) is 6.07 Å². The second kappa shape index (κ2) is 5.93. The molecule has 1 rings (SSSR count). The predicted molar refractivity (Wildman–Crippen MR) is 58.0 cm³/mol. The second-order valence-electron chi connectivity index (χ2n) is 3.51. The number of carbonyl (C=O) groups is 2. The molecule has 0 bridgehead atoms. The lowest BCUT2D eigenvalue weighted by Gasteiger charge is -2.12. The quantitative estimate of drug-likeness (QED) is 0.810. The van der Waals surface area contributed by atoms with Crippen molar-refractivity contribution in [2.75, 3.05) is 0 Å². The van der Waals surface area contributed by atoms with Gasteiger partial charge in [0.1, 0.15) is 17.6 Å². The van der Waals surface area contributed by atoms with E-state index in [1.54, 1.807) is 0 Å². The molecule has 5 nitrogen and oxygen atoms in total. The lowest BCUT2D eigenvalue weighted by Crippen LogP contribution is -2.40. The summed E-state index contributed by atoms with van der Waals surface area (Å²) >= 11 is 0. The van der Waals surface area contributed by atoms with Crippen LogP contribution in [0.15, 0.2) is 18.3 Å². The number of aliphatic carboxylic acids is 1. The van der Waals surface area contributed by atoms with Crippen LogP contribution in [-0.2, 0) is 4.79 Å². The van der Waals surface area contributed by atoms with E-state index < -0.39 is 23.7 Å². The summed E-state index contributed by atoms with van der Waals surface area (Å²) < 4.78 is 12.6. The minimum atomic E-state index is -1.10. The SMILES string of the molecule is CCC[C@@H](NC(=O)c1ccc(F)cn1)C(=O)O. The van der Waals surface area contributed by atoms with Crippen molar-refractivity contribution in [1.29, 1.82) is 0 Å². The van der Waals surface area contributed by atoms with Crippen molar-refractivity contribution in [3.8, 4) is 0 Å². The molecule has 0 fully saturated rings. The number of amides is 1. The van der Waals surface area contributed by atoms with Crippen molar-refractivity contribution < 1.29 is 19.1 Å². The number of aromatic nitrogens is 1. The van der Waals surface area contributed by atoms with E-state index in [0.717, 1.165) is 12.3 Å². The standard InChI is InChI=1S/C11H13FN2O3/c1-2-3-9(11(16)17)14-10(15)8-5-4-7(12)6-13-8/h4-6,9H,2-3H2,1H3,(H,14,15)(H,16,17)/t9-/m1/s1. The summed E-state index contributed by atoms with van der Waals surface area (Å²) in [7, 11) is 0. The fourth-order valence-corrected chi connectivity index (χ4v) is 1.29. The molecule has 1 heterocycles. The molecule has 1 atom stereocenters. The molecule has 1 aromatic heterocycles. The van der Waals surface area contributed by atoms with Gasteiger partial charge in [-0.3, -0.25) is 4.79 Å². The van der Waals surface area contributed by atoms with Gasteiger partial charge >= 0.3 is 5.97 Å². The van der Waals surface area contributed by atoms with Gasteiger partial charge in [-0.15, -0.1) is 0 Å². The maximum atomic E-state index is 12.6. The van der Waals surface area contributed by atoms with Crippen molar-refractivity contribution in [2.45, 2.75) is 25.8 Å². The van der Waals surface area contributed by atoms with Crippen LogP contribution in [0.2, 0.25) is 0 Å². The topological polar surface area (TPSA) is 79.3 Å². The number of pyridine rings is 1. The summed E-state index contributed by atoms with van der Waals surface area (Å²) in [5, 5.41) is 11.2. The van der Waals surface area contributed by atoms with Gasteiger partial charge in [0.2, 0.25) is 0 Å². The Labute approximate surface area is 97.7 Å². The smallest absolute Gasteiger partial charge is 0.326 e. The zero-order valence-electron chi connectivity index (χ0n) is 9.31. The number of rotatable bonds is 5. The lowest BCUT2D eigenvalue weighted by atomic mass is 10.1. The molecule has 0 saturated heterocycles. The Morgan fingerprint density at radius 1 is 1.53 bits per heavy atom. The van der Waals surface area contributed by atoms with Gasteiger partial charge in [0, 0.05) is 0 Å². The van der Waals surface area contributed by atoms with Crippen LogP contribution in [0.1, 0.15) is 30.3 Å². The van der Waals surface area contributed by atoms with E-state index in [4.69, 9.17) is 5.11 Å². The number of carboxylic acids is 1. The Balaban J connectivity index is 2.70. The van der Waals surface area contributed by atoms with Gasteiger partial charge in [-0.2, -0.15) is 0 Å². The molecular formula is C11H13FN2O3. The third-order valence-corrected chi connectivity index (χ3v) is 2.14. The molecule has 0 aliphatic heterocycles. The number of carboxylic acid groups (broad SMARTS) is 1. The highest BCUT2D eigenvalue weighted by Crippen LogP contribution is 2.01. The molecule has 0 unspecified atom stereocenters. The van der Waals surface area contributed by atoms with Gasteiger partial charge in [0.15, 0.2) is 0 Å². The minimum absolute atomic E-state index is 0.00578. The summed E-state index contributed by atoms with van der Waals surface area (Å²) in [5.74, 6) is -2.27. The van der Waals surface area contributed by atoms with Crippen LogP contribution in [-0.4, -0.2) is 28.0 Å². The first-order valence-electron chi connectivity index (χ1n) is 5.19. The summed E-state index contributed by atoms with van der Waals surface area (Å²) in [5.41, 5.74) is -0.00578. The monoisotopic (exact) mass is 240 g/mol. The van der Waals surface area contributed by atoms with E-state index in [-0.39, 0.29) is 5.69 Å². The first-order chi connectivity index (χ1) is 8.04. The highest BCUT2D eigenvalue weighted by molar-refractivity contribution is 5.94. The zero-order valence-corrected chi connectivity index (χ0v) is 9.31. The highest BCUT2D eigenvalue weighted by atomic mass is 19.1. The first-order valence-corrected chi connectivity index (χ1v) is 5.19. The molecule has 6 heteroatoms. The fourth-order valence-electron chi connectivity index (χ4n) is 1.29. The maximum Gasteiger partial charge on any atom is 0.326 e. The summed E-state index contributed by atoms with van der Waals surface area (Å²) in [4.78, 5) is 26.0. The van der Waals surface area contributed by atoms with Crippen molar-refractivity contribution in [1.82, 2.24) is 10.3 Å². The van der Waals surface area contributed by atoms with Gasteiger partial charge in [-0.05, 0) is 18.6 Å². The minimum Gasteiger partial charge on any atom is -0.480 e. The largest absolute Gasteiger partial charge is 0.480 e. The van der Waals surface area contributed by atoms with Gasteiger partial charge in [0.25, 0.3) is 5.91 Å². The molecule has 0 radical (unpaired) electrons. The molecule has 0 aliphatic rings. The lowest BCUT2D eigenvalue weighted by molar-refractivity contribution is -0.139. The first kappa shape index (κ1) is 13.1. The van der Waals surface area contributed by atoms with E-state index in [0.29, 0.717) is 12.8 Å². The van der Waals surface area contributed by atoms with Crippen LogP contribution in [0.4, 0.5) is 4.39 Å². The average Bonchev–Trinajstić information content (AvgIpc) is 2.29. The van der Waals surface area contributed by atoms with Crippen molar-refractivity contribution in [3.05, 3.63) is 29.8 Å². The molecule has 1 aromatic rings. The number of nitrogens with zero attached hydrogens (tertiary/aromatic N) is 1. The number of hydrogen-bond donors (Lipinski definition) is 2. The molecule has 92 valence electrons. The summed E-state index contributed by atoms with van der Waals surface area (Å²) in [6, 6.07) is 1.35. The van der Waals surface area contributed by atoms with Crippen molar-refractivity contribution in [2.24, 2.45) is 0 Å². The predicted octanol–water partition coefficient (Wildman–Crippen LogP) is 1.20. The highest BCUT2D eigenvalue weighted by Gasteiger charge is 2.20. The average molecular weight is 240 g/mol. The van der Waals surface area contributed by atoms with Crippen LogP contribution in [0.5, 0.6) is 0 Å².